The molecule has 3 nitrogen and oxygen atoms in total. The third-order valence-electron chi connectivity index (χ3n) is 3.86. The monoisotopic (exact) mass is 276 g/mol. The SMILES string of the molecule is CC(C)(O)CN1CCN(CCCc2ccccc2)CC1. The van der Waals surface area contributed by atoms with Gasteiger partial charge in [0.1, 0.15) is 0 Å². The Morgan fingerprint density at radius 3 is 2.20 bits per heavy atom. The Hall–Kier alpha value is -0.900. The summed E-state index contributed by atoms with van der Waals surface area (Å²) in [7, 11) is 0. The van der Waals surface area contributed by atoms with Gasteiger partial charge in [0.25, 0.3) is 0 Å². The maximum atomic E-state index is 9.85. The van der Waals surface area contributed by atoms with Crippen molar-refractivity contribution >= 4 is 0 Å². The highest BCUT2D eigenvalue weighted by atomic mass is 16.3. The van der Waals surface area contributed by atoms with Crippen LogP contribution in [0.1, 0.15) is 25.8 Å². The quantitative estimate of drug-likeness (QED) is 0.861. The molecule has 1 aliphatic rings. The molecule has 0 saturated carbocycles. The van der Waals surface area contributed by atoms with E-state index in [1.807, 2.05) is 13.8 Å². The third-order valence-corrected chi connectivity index (χ3v) is 3.86. The van der Waals surface area contributed by atoms with E-state index >= 15 is 0 Å². The highest BCUT2D eigenvalue weighted by Gasteiger charge is 2.22. The van der Waals surface area contributed by atoms with Crippen LogP contribution in [0.25, 0.3) is 0 Å². The molecular formula is C17H28N2O. The lowest BCUT2D eigenvalue weighted by Gasteiger charge is -2.37. The van der Waals surface area contributed by atoms with Crippen molar-refractivity contribution in [2.75, 3.05) is 39.3 Å². The second kappa shape index (κ2) is 7.21. The van der Waals surface area contributed by atoms with E-state index in [2.05, 4.69) is 40.1 Å². The van der Waals surface area contributed by atoms with Crippen LogP contribution in [-0.4, -0.2) is 59.8 Å². The molecule has 2 rings (SSSR count). The van der Waals surface area contributed by atoms with Crippen molar-refractivity contribution in [3.05, 3.63) is 35.9 Å². The molecule has 0 aromatic heterocycles. The number of β-amino-alcohol motifs (C(OH)–C–C–N with tert-alkyl or cyclic N) is 1. The van der Waals surface area contributed by atoms with Crippen LogP contribution in [0, 0.1) is 0 Å². The van der Waals surface area contributed by atoms with Crippen molar-refractivity contribution in [3.63, 3.8) is 0 Å². The van der Waals surface area contributed by atoms with Gasteiger partial charge >= 0.3 is 0 Å². The summed E-state index contributed by atoms with van der Waals surface area (Å²) in [5.41, 5.74) is 0.864. The van der Waals surface area contributed by atoms with E-state index in [0.717, 1.165) is 32.7 Å². The minimum atomic E-state index is -0.574. The van der Waals surface area contributed by atoms with Gasteiger partial charge in [-0.3, -0.25) is 4.90 Å². The summed E-state index contributed by atoms with van der Waals surface area (Å²) in [5, 5.41) is 9.85. The van der Waals surface area contributed by atoms with Gasteiger partial charge in [-0.2, -0.15) is 0 Å². The normalized spacial score (nSPS) is 18.4. The molecule has 1 aromatic rings. The summed E-state index contributed by atoms with van der Waals surface area (Å²) >= 11 is 0. The van der Waals surface area contributed by atoms with Crippen molar-refractivity contribution in [2.24, 2.45) is 0 Å². The lowest BCUT2D eigenvalue weighted by Crippen LogP contribution is -2.50. The average molecular weight is 276 g/mol. The van der Waals surface area contributed by atoms with Gasteiger partial charge < -0.3 is 10.0 Å². The molecule has 112 valence electrons. The van der Waals surface area contributed by atoms with Crippen molar-refractivity contribution in [3.8, 4) is 0 Å². The molecule has 0 spiro atoms. The molecule has 0 amide bonds. The van der Waals surface area contributed by atoms with Crippen molar-refractivity contribution in [1.29, 1.82) is 0 Å². The molecule has 1 fully saturated rings. The first-order valence-corrected chi connectivity index (χ1v) is 7.74. The summed E-state index contributed by atoms with van der Waals surface area (Å²) in [6, 6.07) is 10.7. The molecule has 3 heteroatoms. The van der Waals surface area contributed by atoms with E-state index in [0.29, 0.717) is 0 Å². The van der Waals surface area contributed by atoms with E-state index in [1.54, 1.807) is 0 Å². The average Bonchev–Trinajstić information content (AvgIpc) is 2.40. The molecule has 1 aliphatic heterocycles. The number of rotatable bonds is 6. The maximum Gasteiger partial charge on any atom is 0.0718 e. The minimum Gasteiger partial charge on any atom is -0.389 e. The number of piperazine rings is 1. The minimum absolute atomic E-state index is 0.574. The first-order valence-electron chi connectivity index (χ1n) is 7.74. The third kappa shape index (κ3) is 5.61. The van der Waals surface area contributed by atoms with E-state index in [1.165, 1.54) is 24.9 Å². The lowest BCUT2D eigenvalue weighted by molar-refractivity contribution is 0.0177. The number of aryl methyl sites for hydroxylation is 1. The largest absolute Gasteiger partial charge is 0.389 e. The van der Waals surface area contributed by atoms with E-state index in [9.17, 15) is 5.11 Å². The molecule has 1 aromatic carbocycles. The highest BCUT2D eigenvalue weighted by molar-refractivity contribution is 5.14. The predicted octanol–water partition coefficient (Wildman–Crippen LogP) is 2.01. The Morgan fingerprint density at radius 1 is 1.00 bits per heavy atom. The van der Waals surface area contributed by atoms with Crippen LogP contribution in [0.2, 0.25) is 0 Å². The summed E-state index contributed by atoms with van der Waals surface area (Å²) in [6.45, 7) is 10.2. The standard InChI is InChI=1S/C17H28N2O/c1-17(2,20)15-19-13-11-18(12-14-19)10-6-9-16-7-4-3-5-8-16/h3-5,7-8,20H,6,9-15H2,1-2H3. The predicted molar refractivity (Wildman–Crippen MR) is 83.9 cm³/mol. The maximum absolute atomic E-state index is 9.85. The fraction of sp³-hybridized carbons (Fsp3) is 0.647. The Bertz CT molecular complexity index is 378. The van der Waals surface area contributed by atoms with Crippen molar-refractivity contribution in [2.45, 2.75) is 32.3 Å². The Balaban J connectivity index is 1.62. The first kappa shape index (κ1) is 15.5. The van der Waals surface area contributed by atoms with Gasteiger partial charge in [-0.15, -0.1) is 0 Å². The van der Waals surface area contributed by atoms with Crippen LogP contribution in [0.4, 0.5) is 0 Å². The Kier molecular flexibility index (Phi) is 5.58. The van der Waals surface area contributed by atoms with Gasteiger partial charge in [-0.1, -0.05) is 30.3 Å². The van der Waals surface area contributed by atoms with Gasteiger partial charge in [0, 0.05) is 32.7 Å². The van der Waals surface area contributed by atoms with E-state index < -0.39 is 5.60 Å². The summed E-state index contributed by atoms with van der Waals surface area (Å²) in [4.78, 5) is 4.91. The fourth-order valence-electron chi connectivity index (χ4n) is 2.87. The lowest BCUT2D eigenvalue weighted by atomic mass is 10.1. The highest BCUT2D eigenvalue weighted by Crippen LogP contribution is 2.10. The van der Waals surface area contributed by atoms with Crippen LogP contribution in [-0.2, 0) is 6.42 Å². The van der Waals surface area contributed by atoms with Crippen LogP contribution >= 0.6 is 0 Å². The van der Waals surface area contributed by atoms with Crippen LogP contribution in [0.15, 0.2) is 30.3 Å². The number of aliphatic hydroxyl groups is 1. The topological polar surface area (TPSA) is 26.7 Å². The second-order valence-corrected chi connectivity index (χ2v) is 6.52. The van der Waals surface area contributed by atoms with E-state index in [-0.39, 0.29) is 0 Å². The van der Waals surface area contributed by atoms with Gasteiger partial charge in [0.05, 0.1) is 5.60 Å². The zero-order chi connectivity index (χ0) is 14.4. The summed E-state index contributed by atoms with van der Waals surface area (Å²) < 4.78 is 0. The first-order chi connectivity index (χ1) is 9.53. The molecular weight excluding hydrogens is 248 g/mol. The van der Waals surface area contributed by atoms with Gasteiger partial charge in [0.2, 0.25) is 0 Å². The van der Waals surface area contributed by atoms with Crippen LogP contribution in [0.3, 0.4) is 0 Å². The smallest absolute Gasteiger partial charge is 0.0718 e. The molecule has 20 heavy (non-hydrogen) atoms. The zero-order valence-corrected chi connectivity index (χ0v) is 12.9. The molecule has 0 bridgehead atoms. The molecule has 0 radical (unpaired) electrons. The van der Waals surface area contributed by atoms with Gasteiger partial charge in [-0.05, 0) is 38.8 Å². The fourth-order valence-corrected chi connectivity index (χ4v) is 2.87. The number of benzene rings is 1. The molecule has 0 unspecified atom stereocenters. The summed E-state index contributed by atoms with van der Waals surface area (Å²) in [5.74, 6) is 0. The molecule has 1 N–H and O–H groups in total. The molecule has 1 saturated heterocycles. The van der Waals surface area contributed by atoms with E-state index in [4.69, 9.17) is 0 Å². The second-order valence-electron chi connectivity index (χ2n) is 6.52. The van der Waals surface area contributed by atoms with Crippen LogP contribution < -0.4 is 0 Å². The Labute approximate surface area is 123 Å². The molecule has 0 aliphatic carbocycles. The molecule has 1 heterocycles. The summed E-state index contributed by atoms with van der Waals surface area (Å²) in [6.07, 6.45) is 2.40. The van der Waals surface area contributed by atoms with Crippen molar-refractivity contribution in [1.82, 2.24) is 9.80 Å². The number of nitrogens with zero attached hydrogens (tertiary/aromatic N) is 2. The van der Waals surface area contributed by atoms with Crippen molar-refractivity contribution < 1.29 is 5.11 Å². The van der Waals surface area contributed by atoms with Gasteiger partial charge in [0.15, 0.2) is 0 Å². The molecule has 0 atom stereocenters. The Morgan fingerprint density at radius 2 is 1.60 bits per heavy atom. The van der Waals surface area contributed by atoms with Gasteiger partial charge in [-0.25, -0.2) is 0 Å². The van der Waals surface area contributed by atoms with Crippen LogP contribution in [0.5, 0.6) is 0 Å². The number of hydrogen-bond donors (Lipinski definition) is 1. The zero-order valence-electron chi connectivity index (χ0n) is 12.9. The number of hydrogen-bond acceptors (Lipinski definition) is 3.